The Labute approximate surface area is 92.7 Å². The number of hydrogen-bond acceptors (Lipinski definition) is 4. The molecule has 1 rings (SSSR count). The maximum Gasteiger partial charge on any atom is 0.185 e. The molecule has 0 bridgehead atoms. The second kappa shape index (κ2) is 5.18. The average Bonchev–Trinajstić information content (AvgIpc) is 2.45. The van der Waals surface area contributed by atoms with Crippen LogP contribution in [0.5, 0.6) is 0 Å². The first-order chi connectivity index (χ1) is 6.63. The fraction of sp³-hybridized carbons (Fsp3) is 0.556. The predicted octanol–water partition coefficient (Wildman–Crippen LogP) is 3.13. The second-order valence-corrected chi connectivity index (χ2v) is 4.72. The van der Waals surface area contributed by atoms with Crippen molar-refractivity contribution in [3.63, 3.8) is 0 Å². The van der Waals surface area contributed by atoms with Crippen molar-refractivity contribution in [2.45, 2.75) is 20.3 Å². The molecule has 0 fully saturated rings. The lowest BCUT2D eigenvalue weighted by Gasteiger charge is -2.04. The van der Waals surface area contributed by atoms with E-state index in [9.17, 15) is 0 Å². The summed E-state index contributed by atoms with van der Waals surface area (Å²) in [7, 11) is 0. The van der Waals surface area contributed by atoms with E-state index in [4.69, 9.17) is 16.9 Å². The van der Waals surface area contributed by atoms with E-state index in [1.165, 1.54) is 11.3 Å². The number of nitriles is 1. The fourth-order valence-electron chi connectivity index (χ4n) is 0.914. The first-order valence-corrected chi connectivity index (χ1v) is 5.63. The third-order valence-corrected chi connectivity index (χ3v) is 2.99. The van der Waals surface area contributed by atoms with Crippen molar-refractivity contribution in [2.75, 3.05) is 11.9 Å². The first kappa shape index (κ1) is 11.3. The molecule has 14 heavy (non-hydrogen) atoms. The molecule has 0 saturated heterocycles. The zero-order valence-electron chi connectivity index (χ0n) is 8.17. The van der Waals surface area contributed by atoms with Crippen molar-refractivity contribution in [1.82, 2.24) is 4.98 Å². The molecule has 0 radical (unpaired) electrons. The Balaban J connectivity index is 2.48. The normalized spacial score (nSPS) is 10.2. The lowest BCUT2D eigenvalue weighted by atomic mass is 10.1. The molecule has 0 aliphatic carbocycles. The molecule has 0 atom stereocenters. The van der Waals surface area contributed by atoms with Crippen molar-refractivity contribution in [3.8, 4) is 6.07 Å². The Hall–Kier alpha value is -0.790. The highest BCUT2D eigenvalue weighted by atomic mass is 35.5. The zero-order valence-corrected chi connectivity index (χ0v) is 9.74. The van der Waals surface area contributed by atoms with Crippen LogP contribution in [0.3, 0.4) is 0 Å². The van der Waals surface area contributed by atoms with Crippen molar-refractivity contribution < 1.29 is 0 Å². The highest BCUT2D eigenvalue weighted by Crippen LogP contribution is 2.25. The molecular formula is C9H12ClN3S. The zero-order chi connectivity index (χ0) is 10.6. The Bertz CT molecular complexity index is 340. The van der Waals surface area contributed by atoms with Crippen LogP contribution in [0.25, 0.3) is 0 Å². The predicted molar refractivity (Wildman–Crippen MR) is 59.8 cm³/mol. The van der Waals surface area contributed by atoms with Gasteiger partial charge in [-0.25, -0.2) is 4.98 Å². The molecule has 1 aromatic heterocycles. The number of thiazole rings is 1. The summed E-state index contributed by atoms with van der Waals surface area (Å²) in [5.41, 5.74) is 0. The second-order valence-electron chi connectivity index (χ2n) is 3.36. The molecule has 0 aliphatic heterocycles. The molecule has 5 heteroatoms. The lowest BCUT2D eigenvalue weighted by Crippen LogP contribution is -2.03. The van der Waals surface area contributed by atoms with E-state index in [0.29, 0.717) is 15.9 Å². The van der Waals surface area contributed by atoms with E-state index >= 15 is 0 Å². The number of nitrogens with one attached hydrogen (secondary N) is 1. The number of rotatable bonds is 4. The summed E-state index contributed by atoms with van der Waals surface area (Å²) in [6.07, 6.45) is 1.08. The van der Waals surface area contributed by atoms with Gasteiger partial charge in [-0.15, -0.1) is 0 Å². The van der Waals surface area contributed by atoms with Crippen molar-refractivity contribution in [3.05, 3.63) is 10.0 Å². The van der Waals surface area contributed by atoms with Crippen LogP contribution < -0.4 is 5.32 Å². The Morgan fingerprint density at radius 2 is 2.36 bits per heavy atom. The molecule has 1 aromatic rings. The minimum Gasteiger partial charge on any atom is -0.361 e. The molecule has 76 valence electrons. The van der Waals surface area contributed by atoms with Crippen LogP contribution in [0.15, 0.2) is 0 Å². The van der Waals surface area contributed by atoms with Gasteiger partial charge in [0, 0.05) is 6.54 Å². The summed E-state index contributed by atoms with van der Waals surface area (Å²) in [5.74, 6) is 0.661. The standard InChI is InChI=1S/C9H12ClN3S/c1-6(2)3-4-12-9-13-8(10)7(5-11)14-9/h6H,3-4H2,1-2H3,(H,12,13). The Morgan fingerprint density at radius 1 is 1.64 bits per heavy atom. The molecular weight excluding hydrogens is 218 g/mol. The van der Waals surface area contributed by atoms with Gasteiger partial charge in [0.25, 0.3) is 0 Å². The molecule has 0 aromatic carbocycles. The van der Waals surface area contributed by atoms with Crippen LogP contribution in [0, 0.1) is 17.2 Å². The van der Waals surface area contributed by atoms with Gasteiger partial charge < -0.3 is 5.32 Å². The van der Waals surface area contributed by atoms with Crippen molar-refractivity contribution in [2.24, 2.45) is 5.92 Å². The largest absolute Gasteiger partial charge is 0.361 e. The van der Waals surface area contributed by atoms with E-state index < -0.39 is 0 Å². The smallest absolute Gasteiger partial charge is 0.185 e. The number of nitrogens with zero attached hydrogens (tertiary/aromatic N) is 2. The van der Waals surface area contributed by atoms with Gasteiger partial charge >= 0.3 is 0 Å². The number of hydrogen-bond donors (Lipinski definition) is 1. The number of halogens is 1. The van der Waals surface area contributed by atoms with E-state index in [1.807, 2.05) is 6.07 Å². The third kappa shape index (κ3) is 3.17. The van der Waals surface area contributed by atoms with Crippen molar-refractivity contribution >= 4 is 28.1 Å². The van der Waals surface area contributed by atoms with Crippen molar-refractivity contribution in [1.29, 1.82) is 5.26 Å². The fourth-order valence-corrected chi connectivity index (χ4v) is 1.89. The highest BCUT2D eigenvalue weighted by molar-refractivity contribution is 7.16. The SMILES string of the molecule is CC(C)CCNc1nc(Cl)c(C#N)s1. The maximum absolute atomic E-state index is 8.65. The van der Waals surface area contributed by atoms with Gasteiger partial charge in [-0.3, -0.25) is 0 Å². The van der Waals surface area contributed by atoms with Crippen LogP contribution in [0.2, 0.25) is 5.15 Å². The third-order valence-electron chi connectivity index (χ3n) is 1.69. The van der Waals surface area contributed by atoms with Gasteiger partial charge in [0.15, 0.2) is 10.3 Å². The highest BCUT2D eigenvalue weighted by Gasteiger charge is 2.07. The van der Waals surface area contributed by atoms with Gasteiger partial charge in [-0.05, 0) is 12.3 Å². The Kier molecular flexibility index (Phi) is 4.18. The molecule has 1 heterocycles. The molecule has 0 spiro atoms. The molecule has 0 unspecified atom stereocenters. The van der Waals surface area contributed by atoms with Crippen LogP contribution >= 0.6 is 22.9 Å². The molecule has 3 nitrogen and oxygen atoms in total. The van der Waals surface area contributed by atoms with Crippen LogP contribution in [0.4, 0.5) is 5.13 Å². The summed E-state index contributed by atoms with van der Waals surface area (Å²) in [6, 6.07) is 2.00. The van der Waals surface area contributed by atoms with Gasteiger partial charge in [0.1, 0.15) is 10.9 Å². The minimum absolute atomic E-state index is 0.296. The van der Waals surface area contributed by atoms with Gasteiger partial charge in [0.05, 0.1) is 0 Å². The van der Waals surface area contributed by atoms with Crippen LogP contribution in [-0.4, -0.2) is 11.5 Å². The van der Waals surface area contributed by atoms with E-state index in [0.717, 1.165) is 18.1 Å². The van der Waals surface area contributed by atoms with Crippen LogP contribution in [-0.2, 0) is 0 Å². The summed E-state index contributed by atoms with van der Waals surface area (Å²) < 4.78 is 0. The minimum atomic E-state index is 0.296. The van der Waals surface area contributed by atoms with E-state index in [1.54, 1.807) is 0 Å². The van der Waals surface area contributed by atoms with Crippen LogP contribution in [0.1, 0.15) is 25.1 Å². The Morgan fingerprint density at radius 3 is 2.86 bits per heavy atom. The monoisotopic (exact) mass is 229 g/mol. The quantitative estimate of drug-likeness (QED) is 0.863. The lowest BCUT2D eigenvalue weighted by molar-refractivity contribution is 0.607. The van der Waals surface area contributed by atoms with Gasteiger partial charge in [-0.1, -0.05) is 36.8 Å². The maximum atomic E-state index is 8.65. The summed E-state index contributed by atoms with van der Waals surface area (Å²) in [4.78, 5) is 4.50. The molecule has 0 aliphatic rings. The molecule has 0 saturated carbocycles. The topological polar surface area (TPSA) is 48.7 Å². The average molecular weight is 230 g/mol. The van der Waals surface area contributed by atoms with Gasteiger partial charge in [-0.2, -0.15) is 5.26 Å². The number of aromatic nitrogens is 1. The summed E-state index contributed by atoms with van der Waals surface area (Å²) in [5, 5.41) is 12.8. The van der Waals surface area contributed by atoms with E-state index in [2.05, 4.69) is 24.1 Å². The summed E-state index contributed by atoms with van der Waals surface area (Å²) in [6.45, 7) is 5.20. The number of anilines is 1. The molecule has 0 amide bonds. The first-order valence-electron chi connectivity index (χ1n) is 4.43. The van der Waals surface area contributed by atoms with Gasteiger partial charge in [0.2, 0.25) is 0 Å². The summed E-state index contributed by atoms with van der Waals surface area (Å²) >= 11 is 7.02. The molecule has 1 N–H and O–H groups in total. The van der Waals surface area contributed by atoms with E-state index in [-0.39, 0.29) is 0 Å².